The van der Waals surface area contributed by atoms with Gasteiger partial charge in [-0.2, -0.15) is 0 Å². The minimum atomic E-state index is -0.945. The average molecular weight is 323 g/mol. The molecular weight excluding hydrogens is 304 g/mol. The van der Waals surface area contributed by atoms with Crippen LogP contribution >= 0.6 is 0 Å². The fourth-order valence-corrected chi connectivity index (χ4v) is 3.71. The Morgan fingerprint density at radius 1 is 1.22 bits per heavy atom. The van der Waals surface area contributed by atoms with Gasteiger partial charge in [0.1, 0.15) is 11.6 Å². The van der Waals surface area contributed by atoms with Gasteiger partial charge in [-0.15, -0.1) is 0 Å². The zero-order chi connectivity index (χ0) is 16.6. The number of aliphatic carboxylic acids is 1. The van der Waals surface area contributed by atoms with Gasteiger partial charge >= 0.3 is 5.97 Å². The van der Waals surface area contributed by atoms with Gasteiger partial charge in [0.05, 0.1) is 12.0 Å². The van der Waals surface area contributed by atoms with Crippen LogP contribution in [-0.4, -0.2) is 22.5 Å². The Bertz CT molecular complexity index is 620. The van der Waals surface area contributed by atoms with Crippen LogP contribution in [0, 0.1) is 17.6 Å². The lowest BCUT2D eigenvalue weighted by molar-refractivity contribution is -0.139. The molecule has 0 radical (unpaired) electrons. The SMILES string of the molecule is O=C(O)CC1(NC(=O)C2CC2c2c(F)cccc2F)CCCC1. The predicted molar refractivity (Wildman–Crippen MR) is 78.8 cm³/mol. The van der Waals surface area contributed by atoms with Crippen molar-refractivity contribution in [2.24, 2.45) is 5.92 Å². The van der Waals surface area contributed by atoms with Gasteiger partial charge in [-0.05, 0) is 31.4 Å². The standard InChI is InChI=1S/C17H19F2NO3/c18-12-4-3-5-13(19)15(12)10-8-11(10)16(23)20-17(9-14(21)22)6-1-2-7-17/h3-5,10-11H,1-2,6-9H2,(H,20,23)(H,21,22). The van der Waals surface area contributed by atoms with Gasteiger partial charge in [-0.1, -0.05) is 18.9 Å². The molecule has 6 heteroatoms. The zero-order valence-electron chi connectivity index (χ0n) is 12.6. The summed E-state index contributed by atoms with van der Waals surface area (Å²) in [5, 5.41) is 11.9. The molecule has 2 atom stereocenters. The summed E-state index contributed by atoms with van der Waals surface area (Å²) in [4.78, 5) is 23.5. The number of carboxylic acid groups (broad SMARTS) is 1. The van der Waals surface area contributed by atoms with Crippen molar-refractivity contribution in [1.82, 2.24) is 5.32 Å². The van der Waals surface area contributed by atoms with Crippen LogP contribution in [0.4, 0.5) is 8.78 Å². The molecule has 2 aliphatic rings. The Kier molecular flexibility index (Phi) is 4.08. The summed E-state index contributed by atoms with van der Waals surface area (Å²) in [7, 11) is 0. The van der Waals surface area contributed by atoms with Crippen molar-refractivity contribution in [3.05, 3.63) is 35.4 Å². The lowest BCUT2D eigenvalue weighted by atomic mass is 9.92. The number of amides is 1. The van der Waals surface area contributed by atoms with E-state index in [1.807, 2.05) is 0 Å². The summed E-state index contributed by atoms with van der Waals surface area (Å²) in [6.45, 7) is 0. The molecule has 1 aromatic rings. The first kappa shape index (κ1) is 15.9. The highest BCUT2D eigenvalue weighted by Gasteiger charge is 2.49. The van der Waals surface area contributed by atoms with Crippen molar-refractivity contribution in [3.63, 3.8) is 0 Å². The van der Waals surface area contributed by atoms with Crippen molar-refractivity contribution in [3.8, 4) is 0 Å². The van der Waals surface area contributed by atoms with Crippen molar-refractivity contribution in [2.45, 2.75) is 50.0 Å². The Morgan fingerprint density at radius 3 is 2.39 bits per heavy atom. The monoisotopic (exact) mass is 323 g/mol. The van der Waals surface area contributed by atoms with Gasteiger partial charge in [0.2, 0.25) is 5.91 Å². The molecule has 0 aliphatic heterocycles. The molecule has 124 valence electrons. The van der Waals surface area contributed by atoms with Crippen LogP contribution in [-0.2, 0) is 9.59 Å². The molecule has 0 heterocycles. The summed E-state index contributed by atoms with van der Waals surface area (Å²) < 4.78 is 27.6. The number of halogens is 2. The second kappa shape index (κ2) is 5.91. The van der Waals surface area contributed by atoms with Crippen LogP contribution in [0.3, 0.4) is 0 Å². The van der Waals surface area contributed by atoms with Crippen LogP contribution in [0.25, 0.3) is 0 Å². The maximum absolute atomic E-state index is 13.8. The summed E-state index contributed by atoms with van der Waals surface area (Å²) in [5.74, 6) is -3.44. The van der Waals surface area contributed by atoms with Gasteiger partial charge in [0.15, 0.2) is 0 Å². The zero-order valence-corrected chi connectivity index (χ0v) is 12.6. The first-order chi connectivity index (χ1) is 10.9. The minimum Gasteiger partial charge on any atom is -0.481 e. The summed E-state index contributed by atoms with van der Waals surface area (Å²) in [6.07, 6.45) is 3.32. The molecule has 4 nitrogen and oxygen atoms in total. The number of carbonyl (C=O) groups excluding carboxylic acids is 1. The number of benzene rings is 1. The molecule has 23 heavy (non-hydrogen) atoms. The topological polar surface area (TPSA) is 66.4 Å². The van der Waals surface area contributed by atoms with E-state index >= 15 is 0 Å². The second-order valence-electron chi connectivity index (χ2n) is 6.63. The van der Waals surface area contributed by atoms with Crippen LogP contribution < -0.4 is 5.32 Å². The lowest BCUT2D eigenvalue weighted by Gasteiger charge is -2.28. The fourth-order valence-electron chi connectivity index (χ4n) is 3.71. The van der Waals surface area contributed by atoms with E-state index in [1.54, 1.807) is 0 Å². The van der Waals surface area contributed by atoms with Crippen LogP contribution in [0.15, 0.2) is 18.2 Å². The van der Waals surface area contributed by atoms with Crippen molar-refractivity contribution in [1.29, 1.82) is 0 Å². The number of hydrogen-bond acceptors (Lipinski definition) is 2. The van der Waals surface area contributed by atoms with Crippen LogP contribution in [0.1, 0.15) is 50.0 Å². The van der Waals surface area contributed by atoms with Gasteiger partial charge < -0.3 is 10.4 Å². The van der Waals surface area contributed by atoms with E-state index in [-0.39, 0.29) is 17.9 Å². The lowest BCUT2D eigenvalue weighted by Crippen LogP contribution is -2.48. The van der Waals surface area contributed by atoms with Crippen molar-refractivity contribution >= 4 is 11.9 Å². The van der Waals surface area contributed by atoms with E-state index in [0.717, 1.165) is 12.8 Å². The minimum absolute atomic E-state index is 0.0358. The Hall–Kier alpha value is -1.98. The third kappa shape index (κ3) is 3.21. The normalized spacial score (nSPS) is 25.1. The Labute approximate surface area is 132 Å². The predicted octanol–water partition coefficient (Wildman–Crippen LogP) is 2.97. The van der Waals surface area contributed by atoms with E-state index < -0.39 is 35.0 Å². The average Bonchev–Trinajstić information content (AvgIpc) is 3.12. The number of carboxylic acids is 1. The molecule has 2 fully saturated rings. The molecule has 2 saturated carbocycles. The molecule has 1 amide bonds. The molecule has 1 aromatic carbocycles. The van der Waals surface area contributed by atoms with Gasteiger partial charge in [0, 0.05) is 17.4 Å². The number of carbonyl (C=O) groups is 2. The highest BCUT2D eigenvalue weighted by Crippen LogP contribution is 2.49. The molecule has 3 rings (SSSR count). The molecule has 0 bridgehead atoms. The maximum atomic E-state index is 13.8. The smallest absolute Gasteiger partial charge is 0.305 e. The quantitative estimate of drug-likeness (QED) is 0.875. The first-order valence-electron chi connectivity index (χ1n) is 7.90. The van der Waals surface area contributed by atoms with E-state index in [2.05, 4.69) is 5.32 Å². The Morgan fingerprint density at radius 2 is 1.83 bits per heavy atom. The largest absolute Gasteiger partial charge is 0.481 e. The van der Waals surface area contributed by atoms with E-state index in [1.165, 1.54) is 18.2 Å². The van der Waals surface area contributed by atoms with Crippen molar-refractivity contribution in [2.75, 3.05) is 0 Å². The number of nitrogens with one attached hydrogen (secondary N) is 1. The molecule has 2 unspecified atom stereocenters. The molecule has 2 N–H and O–H groups in total. The molecule has 2 aliphatic carbocycles. The summed E-state index contributed by atoms with van der Waals surface area (Å²) in [5.41, 5.74) is -0.740. The van der Waals surface area contributed by atoms with Crippen molar-refractivity contribution < 1.29 is 23.5 Å². The van der Waals surface area contributed by atoms with Gasteiger partial charge in [0.25, 0.3) is 0 Å². The fraction of sp³-hybridized carbons (Fsp3) is 0.529. The molecule has 0 aromatic heterocycles. The summed E-state index contributed by atoms with van der Waals surface area (Å²) in [6, 6.07) is 3.68. The van der Waals surface area contributed by atoms with E-state index in [4.69, 9.17) is 5.11 Å². The Balaban J connectivity index is 1.69. The van der Waals surface area contributed by atoms with E-state index in [0.29, 0.717) is 19.3 Å². The number of rotatable bonds is 5. The van der Waals surface area contributed by atoms with Crippen LogP contribution in [0.2, 0.25) is 0 Å². The van der Waals surface area contributed by atoms with E-state index in [9.17, 15) is 18.4 Å². The third-order valence-electron chi connectivity index (χ3n) is 4.94. The highest BCUT2D eigenvalue weighted by molar-refractivity contribution is 5.84. The van der Waals surface area contributed by atoms with Gasteiger partial charge in [-0.3, -0.25) is 9.59 Å². The highest BCUT2D eigenvalue weighted by atomic mass is 19.1. The molecule has 0 spiro atoms. The first-order valence-corrected chi connectivity index (χ1v) is 7.90. The second-order valence-corrected chi connectivity index (χ2v) is 6.63. The summed E-state index contributed by atoms with van der Waals surface area (Å²) >= 11 is 0. The maximum Gasteiger partial charge on any atom is 0.305 e. The third-order valence-corrected chi connectivity index (χ3v) is 4.94. The number of hydrogen-bond donors (Lipinski definition) is 2. The van der Waals surface area contributed by atoms with Crippen LogP contribution in [0.5, 0.6) is 0 Å². The van der Waals surface area contributed by atoms with Gasteiger partial charge in [-0.25, -0.2) is 8.78 Å². The molecular formula is C17H19F2NO3. The molecule has 0 saturated heterocycles.